The number of nitrogens with zero attached hydrogens (tertiary/aromatic N) is 3. The first kappa shape index (κ1) is 23.4. The van der Waals surface area contributed by atoms with E-state index >= 15 is 0 Å². The van der Waals surface area contributed by atoms with Crippen LogP contribution in [0.3, 0.4) is 0 Å². The number of halogens is 1. The van der Waals surface area contributed by atoms with Crippen LogP contribution in [0.2, 0.25) is 0 Å². The molecule has 1 fully saturated rings. The second-order valence-corrected chi connectivity index (χ2v) is 8.53. The van der Waals surface area contributed by atoms with Gasteiger partial charge < -0.3 is 15.3 Å². The highest BCUT2D eigenvalue weighted by molar-refractivity contribution is 5.94. The number of aryl methyl sites for hydroxylation is 1. The van der Waals surface area contributed by atoms with Gasteiger partial charge in [-0.25, -0.2) is 14.2 Å². The van der Waals surface area contributed by atoms with Crippen LogP contribution in [0.1, 0.15) is 27.0 Å². The molecule has 0 radical (unpaired) electrons. The maximum atomic E-state index is 13.5. The summed E-state index contributed by atoms with van der Waals surface area (Å²) in [5.74, 6) is -0.400. The van der Waals surface area contributed by atoms with Crippen molar-refractivity contribution in [3.8, 4) is 0 Å². The van der Waals surface area contributed by atoms with E-state index in [1.165, 1.54) is 11.6 Å². The minimum Gasteiger partial charge on any atom is -0.478 e. The number of carboxylic acid groups (broad SMARTS) is 1. The number of piperazine rings is 1. The number of guanidine groups is 1. The molecule has 176 valence electrons. The van der Waals surface area contributed by atoms with E-state index in [4.69, 9.17) is 10.1 Å². The molecule has 3 aromatic rings. The Hall–Kier alpha value is -3.71. The van der Waals surface area contributed by atoms with Gasteiger partial charge in [0.05, 0.1) is 12.1 Å². The van der Waals surface area contributed by atoms with Crippen LogP contribution in [-0.2, 0) is 13.1 Å². The van der Waals surface area contributed by atoms with Crippen molar-refractivity contribution in [1.82, 2.24) is 9.80 Å². The number of nitrogens with one attached hydrogen (secondary N) is 1. The Morgan fingerprint density at radius 1 is 0.971 bits per heavy atom. The van der Waals surface area contributed by atoms with Crippen LogP contribution in [0.25, 0.3) is 0 Å². The third kappa shape index (κ3) is 6.42. The Labute approximate surface area is 199 Å². The van der Waals surface area contributed by atoms with Crippen molar-refractivity contribution in [2.24, 2.45) is 4.99 Å². The maximum Gasteiger partial charge on any atom is 0.335 e. The van der Waals surface area contributed by atoms with Gasteiger partial charge in [-0.05, 0) is 54.4 Å². The fourth-order valence-electron chi connectivity index (χ4n) is 3.91. The van der Waals surface area contributed by atoms with Gasteiger partial charge in [0.25, 0.3) is 0 Å². The summed E-state index contributed by atoms with van der Waals surface area (Å²) in [5.41, 5.74) is 4.33. The van der Waals surface area contributed by atoms with E-state index in [1.807, 2.05) is 6.07 Å². The molecule has 0 spiro atoms. The summed E-state index contributed by atoms with van der Waals surface area (Å²) in [5, 5.41) is 12.5. The van der Waals surface area contributed by atoms with E-state index < -0.39 is 5.97 Å². The van der Waals surface area contributed by atoms with Gasteiger partial charge in [-0.1, -0.05) is 42.0 Å². The Morgan fingerprint density at radius 2 is 1.68 bits per heavy atom. The number of benzene rings is 3. The van der Waals surface area contributed by atoms with E-state index in [-0.39, 0.29) is 11.4 Å². The summed E-state index contributed by atoms with van der Waals surface area (Å²) in [4.78, 5) is 20.6. The largest absolute Gasteiger partial charge is 0.478 e. The molecule has 0 aliphatic carbocycles. The lowest BCUT2D eigenvalue weighted by Crippen LogP contribution is -2.50. The van der Waals surface area contributed by atoms with Crippen molar-refractivity contribution < 1.29 is 14.3 Å². The van der Waals surface area contributed by atoms with Gasteiger partial charge in [-0.2, -0.15) is 0 Å². The SMILES string of the molecule is Cc1ccc(CN=C(Nc2ccc(C(=O)O)cc2)N2CCN(Cc3cccc(F)c3)CC2)cc1. The minimum atomic E-state index is -0.950. The average Bonchev–Trinajstić information content (AvgIpc) is 2.84. The zero-order valence-corrected chi connectivity index (χ0v) is 19.2. The van der Waals surface area contributed by atoms with Gasteiger partial charge in [0.2, 0.25) is 0 Å². The maximum absolute atomic E-state index is 13.5. The summed E-state index contributed by atoms with van der Waals surface area (Å²) < 4.78 is 13.5. The molecule has 1 aliphatic rings. The molecule has 6 nitrogen and oxygen atoms in total. The topological polar surface area (TPSA) is 68.2 Å². The zero-order chi connectivity index (χ0) is 23.9. The van der Waals surface area contributed by atoms with Crippen molar-refractivity contribution in [2.45, 2.75) is 20.0 Å². The summed E-state index contributed by atoms with van der Waals surface area (Å²) in [6.07, 6.45) is 0. The molecule has 0 aromatic heterocycles. The van der Waals surface area contributed by atoms with E-state index in [0.717, 1.165) is 49.0 Å². The molecule has 0 bridgehead atoms. The fraction of sp³-hybridized carbons (Fsp3) is 0.259. The molecular formula is C27H29FN4O2. The first-order valence-electron chi connectivity index (χ1n) is 11.4. The number of carbonyl (C=O) groups is 1. The molecule has 1 saturated heterocycles. The van der Waals surface area contributed by atoms with Gasteiger partial charge >= 0.3 is 5.97 Å². The number of rotatable bonds is 6. The van der Waals surface area contributed by atoms with E-state index in [0.29, 0.717) is 13.1 Å². The molecule has 34 heavy (non-hydrogen) atoms. The molecule has 2 N–H and O–H groups in total. The Bertz CT molecular complexity index is 1140. The summed E-state index contributed by atoms with van der Waals surface area (Å²) in [6, 6.07) is 21.7. The molecule has 0 unspecified atom stereocenters. The summed E-state index contributed by atoms with van der Waals surface area (Å²) >= 11 is 0. The van der Waals surface area contributed by atoms with Crippen LogP contribution in [0.15, 0.2) is 77.8 Å². The van der Waals surface area contributed by atoms with E-state index in [2.05, 4.69) is 46.3 Å². The highest BCUT2D eigenvalue weighted by atomic mass is 19.1. The molecule has 4 rings (SSSR count). The van der Waals surface area contributed by atoms with E-state index in [9.17, 15) is 9.18 Å². The lowest BCUT2D eigenvalue weighted by Gasteiger charge is -2.36. The molecule has 1 heterocycles. The second-order valence-electron chi connectivity index (χ2n) is 8.53. The molecule has 0 amide bonds. The molecule has 1 aliphatic heterocycles. The smallest absolute Gasteiger partial charge is 0.335 e. The number of hydrogen-bond acceptors (Lipinski definition) is 3. The lowest BCUT2D eigenvalue weighted by molar-refractivity contribution is 0.0697. The first-order valence-corrected chi connectivity index (χ1v) is 11.4. The van der Waals surface area contributed by atoms with E-state index in [1.54, 1.807) is 36.4 Å². The minimum absolute atomic E-state index is 0.209. The second kappa shape index (κ2) is 10.9. The number of aliphatic imine (C=N–C) groups is 1. The number of hydrogen-bond donors (Lipinski definition) is 2. The van der Waals surface area contributed by atoms with Crippen molar-refractivity contribution in [3.63, 3.8) is 0 Å². The Morgan fingerprint density at radius 3 is 2.32 bits per heavy atom. The number of aromatic carboxylic acids is 1. The third-order valence-corrected chi connectivity index (χ3v) is 5.89. The predicted molar refractivity (Wildman–Crippen MR) is 133 cm³/mol. The first-order chi connectivity index (χ1) is 16.5. The molecular weight excluding hydrogens is 431 g/mol. The fourth-order valence-corrected chi connectivity index (χ4v) is 3.91. The molecule has 3 aromatic carbocycles. The van der Waals surface area contributed by atoms with Crippen molar-refractivity contribution >= 4 is 17.6 Å². The van der Waals surface area contributed by atoms with Gasteiger partial charge in [-0.3, -0.25) is 4.90 Å². The van der Waals surface area contributed by atoms with Crippen LogP contribution in [0.4, 0.5) is 10.1 Å². The van der Waals surface area contributed by atoms with Crippen molar-refractivity contribution in [3.05, 3.63) is 101 Å². The Balaban J connectivity index is 1.45. The van der Waals surface area contributed by atoms with Crippen molar-refractivity contribution in [2.75, 3.05) is 31.5 Å². The Kier molecular flexibility index (Phi) is 7.54. The quantitative estimate of drug-likeness (QED) is 0.415. The molecule has 7 heteroatoms. The normalized spacial score (nSPS) is 14.8. The average molecular weight is 461 g/mol. The van der Waals surface area contributed by atoms with Gasteiger partial charge in [0.1, 0.15) is 5.82 Å². The van der Waals surface area contributed by atoms with Crippen LogP contribution in [0.5, 0.6) is 0 Å². The molecule has 0 saturated carbocycles. The standard InChI is InChI=1S/C27H29FN4O2/c1-20-5-7-21(8-6-20)18-29-27(30-25-11-9-23(10-12-25)26(33)34)32-15-13-31(14-16-32)19-22-3-2-4-24(28)17-22/h2-12,17H,13-16,18-19H2,1H3,(H,29,30)(H,33,34). The highest BCUT2D eigenvalue weighted by Gasteiger charge is 2.20. The zero-order valence-electron chi connectivity index (χ0n) is 19.2. The van der Waals surface area contributed by atoms with Crippen LogP contribution in [-0.4, -0.2) is 53.0 Å². The van der Waals surface area contributed by atoms with Crippen molar-refractivity contribution in [1.29, 1.82) is 0 Å². The van der Waals surface area contributed by atoms with Crippen LogP contribution < -0.4 is 5.32 Å². The van der Waals surface area contributed by atoms with Gasteiger partial charge in [-0.15, -0.1) is 0 Å². The van der Waals surface area contributed by atoms with Crippen LogP contribution >= 0.6 is 0 Å². The number of carboxylic acids is 1. The highest BCUT2D eigenvalue weighted by Crippen LogP contribution is 2.15. The van der Waals surface area contributed by atoms with Gasteiger partial charge in [0, 0.05) is 38.4 Å². The lowest BCUT2D eigenvalue weighted by atomic mass is 10.1. The molecule has 0 atom stereocenters. The predicted octanol–water partition coefficient (Wildman–Crippen LogP) is 4.62. The monoisotopic (exact) mass is 460 g/mol. The third-order valence-electron chi connectivity index (χ3n) is 5.89. The van der Waals surface area contributed by atoms with Gasteiger partial charge in [0.15, 0.2) is 5.96 Å². The van der Waals surface area contributed by atoms with Crippen LogP contribution in [0, 0.1) is 12.7 Å². The number of anilines is 1. The summed E-state index contributed by atoms with van der Waals surface area (Å²) in [6.45, 7) is 6.54. The summed E-state index contributed by atoms with van der Waals surface area (Å²) in [7, 11) is 0.